The number of methoxy groups -OCH3 is 1. The molecule has 1 N–H and O–H groups in total. The van der Waals surface area contributed by atoms with Gasteiger partial charge >= 0.3 is 0 Å². The Labute approximate surface area is 126 Å². The van der Waals surface area contributed by atoms with Gasteiger partial charge < -0.3 is 10.1 Å². The number of hydrogen-bond donors (Lipinski definition) is 1. The van der Waals surface area contributed by atoms with E-state index in [2.05, 4.69) is 24.4 Å². The van der Waals surface area contributed by atoms with Crippen LogP contribution in [0.4, 0.5) is 0 Å². The quantitative estimate of drug-likeness (QED) is 0.884. The van der Waals surface area contributed by atoms with Crippen LogP contribution in [0.2, 0.25) is 0 Å². The van der Waals surface area contributed by atoms with Gasteiger partial charge in [0, 0.05) is 6.54 Å². The maximum Gasteiger partial charge on any atom is 0.224 e. The maximum absolute atomic E-state index is 12.0. The second-order valence-corrected chi connectivity index (χ2v) is 5.14. The molecule has 0 bridgehead atoms. The van der Waals surface area contributed by atoms with Gasteiger partial charge in [-0.15, -0.1) is 0 Å². The van der Waals surface area contributed by atoms with E-state index in [0.29, 0.717) is 18.9 Å². The van der Waals surface area contributed by atoms with E-state index in [9.17, 15) is 4.79 Å². The number of carbonyl (C=O) groups is 1. The number of hydrogen-bond acceptors (Lipinski definition) is 2. The lowest BCUT2D eigenvalue weighted by Gasteiger charge is -2.13. The van der Waals surface area contributed by atoms with Crippen LogP contribution in [0.3, 0.4) is 0 Å². The minimum absolute atomic E-state index is 0.0334. The van der Waals surface area contributed by atoms with E-state index in [0.717, 1.165) is 11.3 Å². The Kier molecular flexibility index (Phi) is 5.38. The summed E-state index contributed by atoms with van der Waals surface area (Å²) in [7, 11) is 1.63. The molecular weight excluding hydrogens is 262 g/mol. The molecule has 1 unspecified atom stereocenters. The summed E-state index contributed by atoms with van der Waals surface area (Å²) in [6.45, 7) is 2.76. The first kappa shape index (κ1) is 15.1. The van der Waals surface area contributed by atoms with Crippen molar-refractivity contribution in [3.63, 3.8) is 0 Å². The number of rotatable bonds is 6. The molecule has 2 aromatic carbocycles. The Morgan fingerprint density at radius 2 is 1.90 bits per heavy atom. The molecular formula is C18H21NO2. The highest BCUT2D eigenvalue weighted by atomic mass is 16.5. The topological polar surface area (TPSA) is 38.3 Å². The first-order chi connectivity index (χ1) is 10.2. The van der Waals surface area contributed by atoms with Gasteiger partial charge in [0.05, 0.1) is 13.5 Å². The Morgan fingerprint density at radius 1 is 1.14 bits per heavy atom. The molecule has 0 aromatic heterocycles. The molecule has 0 saturated heterocycles. The molecule has 0 saturated carbocycles. The van der Waals surface area contributed by atoms with E-state index < -0.39 is 0 Å². The SMILES string of the molecule is COc1cccc(CC(=O)NCC(C)c2ccccc2)c1. The van der Waals surface area contributed by atoms with Crippen molar-refractivity contribution < 1.29 is 9.53 Å². The summed E-state index contributed by atoms with van der Waals surface area (Å²) in [5, 5.41) is 2.99. The zero-order chi connectivity index (χ0) is 15.1. The number of amides is 1. The molecule has 0 aliphatic heterocycles. The molecule has 0 heterocycles. The van der Waals surface area contributed by atoms with Crippen LogP contribution in [0.25, 0.3) is 0 Å². The summed E-state index contributed by atoms with van der Waals surface area (Å²) in [5.74, 6) is 1.12. The van der Waals surface area contributed by atoms with Crippen LogP contribution in [0.15, 0.2) is 54.6 Å². The van der Waals surface area contributed by atoms with E-state index in [-0.39, 0.29) is 5.91 Å². The van der Waals surface area contributed by atoms with Crippen molar-refractivity contribution in [3.8, 4) is 5.75 Å². The summed E-state index contributed by atoms with van der Waals surface area (Å²) in [5.41, 5.74) is 2.19. The molecule has 0 spiro atoms. The van der Waals surface area contributed by atoms with Crippen LogP contribution in [-0.4, -0.2) is 19.6 Å². The second kappa shape index (κ2) is 7.48. The fraction of sp³-hybridized carbons (Fsp3) is 0.278. The maximum atomic E-state index is 12.0. The monoisotopic (exact) mass is 283 g/mol. The van der Waals surface area contributed by atoms with E-state index in [1.165, 1.54) is 5.56 Å². The zero-order valence-corrected chi connectivity index (χ0v) is 12.5. The van der Waals surface area contributed by atoms with Crippen LogP contribution < -0.4 is 10.1 Å². The Bertz CT molecular complexity index is 581. The summed E-state index contributed by atoms with van der Waals surface area (Å²) in [6.07, 6.45) is 0.374. The van der Waals surface area contributed by atoms with E-state index >= 15 is 0 Å². The Morgan fingerprint density at radius 3 is 2.62 bits per heavy atom. The highest BCUT2D eigenvalue weighted by Gasteiger charge is 2.08. The molecule has 3 heteroatoms. The third kappa shape index (κ3) is 4.63. The van der Waals surface area contributed by atoms with Gasteiger partial charge in [-0.05, 0) is 29.2 Å². The average molecular weight is 283 g/mol. The molecule has 0 aliphatic carbocycles. The molecule has 3 nitrogen and oxygen atoms in total. The van der Waals surface area contributed by atoms with Crippen LogP contribution in [0, 0.1) is 0 Å². The average Bonchev–Trinajstić information content (AvgIpc) is 2.53. The van der Waals surface area contributed by atoms with Crippen molar-refractivity contribution in [3.05, 3.63) is 65.7 Å². The van der Waals surface area contributed by atoms with Gasteiger partial charge in [-0.25, -0.2) is 0 Å². The number of benzene rings is 2. The minimum Gasteiger partial charge on any atom is -0.497 e. The van der Waals surface area contributed by atoms with Crippen molar-refractivity contribution in [2.75, 3.05) is 13.7 Å². The third-order valence-electron chi connectivity index (χ3n) is 3.47. The number of ether oxygens (including phenoxy) is 1. The first-order valence-corrected chi connectivity index (χ1v) is 7.13. The Hall–Kier alpha value is -2.29. The number of carbonyl (C=O) groups excluding carboxylic acids is 1. The summed E-state index contributed by atoms with van der Waals surface area (Å²) in [4.78, 5) is 12.0. The smallest absolute Gasteiger partial charge is 0.224 e. The molecule has 21 heavy (non-hydrogen) atoms. The second-order valence-electron chi connectivity index (χ2n) is 5.14. The van der Waals surface area contributed by atoms with Crippen molar-refractivity contribution in [1.82, 2.24) is 5.32 Å². The van der Waals surface area contributed by atoms with E-state index in [4.69, 9.17) is 4.74 Å². The lowest BCUT2D eigenvalue weighted by atomic mass is 10.0. The Balaban J connectivity index is 1.84. The molecule has 1 amide bonds. The predicted molar refractivity (Wildman–Crippen MR) is 84.6 cm³/mol. The third-order valence-corrected chi connectivity index (χ3v) is 3.47. The lowest BCUT2D eigenvalue weighted by Crippen LogP contribution is -2.28. The van der Waals surface area contributed by atoms with Gasteiger partial charge in [0.1, 0.15) is 5.75 Å². The van der Waals surface area contributed by atoms with E-state index in [1.54, 1.807) is 7.11 Å². The largest absolute Gasteiger partial charge is 0.497 e. The lowest BCUT2D eigenvalue weighted by molar-refractivity contribution is -0.120. The fourth-order valence-corrected chi connectivity index (χ4v) is 2.20. The van der Waals surface area contributed by atoms with E-state index in [1.807, 2.05) is 42.5 Å². The van der Waals surface area contributed by atoms with Crippen molar-refractivity contribution in [2.45, 2.75) is 19.3 Å². The van der Waals surface area contributed by atoms with Crippen molar-refractivity contribution in [1.29, 1.82) is 0 Å². The molecule has 2 aromatic rings. The van der Waals surface area contributed by atoms with Gasteiger partial charge in [-0.3, -0.25) is 4.79 Å². The van der Waals surface area contributed by atoms with Crippen LogP contribution >= 0.6 is 0 Å². The molecule has 0 aliphatic rings. The molecule has 110 valence electrons. The highest BCUT2D eigenvalue weighted by Crippen LogP contribution is 2.14. The zero-order valence-electron chi connectivity index (χ0n) is 12.5. The number of nitrogens with one attached hydrogen (secondary N) is 1. The van der Waals surface area contributed by atoms with Gasteiger partial charge in [0.2, 0.25) is 5.91 Å². The first-order valence-electron chi connectivity index (χ1n) is 7.13. The summed E-state index contributed by atoms with van der Waals surface area (Å²) >= 11 is 0. The predicted octanol–water partition coefficient (Wildman–Crippen LogP) is 3.16. The van der Waals surface area contributed by atoms with Crippen molar-refractivity contribution >= 4 is 5.91 Å². The normalized spacial score (nSPS) is 11.7. The van der Waals surface area contributed by atoms with Crippen LogP contribution in [0.1, 0.15) is 24.0 Å². The molecule has 2 rings (SSSR count). The van der Waals surface area contributed by atoms with Gasteiger partial charge in [0.15, 0.2) is 0 Å². The van der Waals surface area contributed by atoms with Crippen molar-refractivity contribution in [2.24, 2.45) is 0 Å². The van der Waals surface area contributed by atoms with Crippen LogP contribution in [-0.2, 0) is 11.2 Å². The fourth-order valence-electron chi connectivity index (χ4n) is 2.20. The van der Waals surface area contributed by atoms with Gasteiger partial charge in [0.25, 0.3) is 0 Å². The summed E-state index contributed by atoms with van der Waals surface area (Å²) in [6, 6.07) is 17.8. The van der Waals surface area contributed by atoms with Gasteiger partial charge in [-0.2, -0.15) is 0 Å². The molecule has 1 atom stereocenters. The van der Waals surface area contributed by atoms with Gasteiger partial charge in [-0.1, -0.05) is 49.4 Å². The summed E-state index contributed by atoms with van der Waals surface area (Å²) < 4.78 is 5.16. The molecule has 0 radical (unpaired) electrons. The minimum atomic E-state index is 0.0334. The standard InChI is InChI=1S/C18H21NO2/c1-14(16-8-4-3-5-9-16)13-19-18(20)12-15-7-6-10-17(11-15)21-2/h3-11,14H,12-13H2,1-2H3,(H,19,20). The van der Waals surface area contributed by atoms with Crippen LogP contribution in [0.5, 0.6) is 5.75 Å². The molecule has 0 fully saturated rings. The highest BCUT2D eigenvalue weighted by molar-refractivity contribution is 5.78.